The van der Waals surface area contributed by atoms with E-state index < -0.39 is 6.04 Å². The maximum atomic E-state index is 10.9. The molecule has 3 nitrogen and oxygen atoms in total. The summed E-state index contributed by atoms with van der Waals surface area (Å²) in [6, 6.07) is -0.533. The lowest BCUT2D eigenvalue weighted by molar-refractivity contribution is -0.148. The van der Waals surface area contributed by atoms with Crippen molar-refractivity contribution in [2.45, 2.75) is 32.9 Å². The van der Waals surface area contributed by atoms with Gasteiger partial charge in [-0.05, 0) is 33.0 Å². The third-order valence-electron chi connectivity index (χ3n) is 0.939. The van der Waals surface area contributed by atoms with Crippen LogP contribution < -0.4 is 0 Å². The summed E-state index contributed by atoms with van der Waals surface area (Å²) in [5.74, 6) is -0.364. The van der Waals surface area contributed by atoms with Gasteiger partial charge in [-0.3, -0.25) is 0 Å². The molecule has 0 saturated heterocycles. The summed E-state index contributed by atoms with van der Waals surface area (Å²) < 4.78 is 4.85. The zero-order valence-electron chi connectivity index (χ0n) is 6.83. The van der Waals surface area contributed by atoms with E-state index in [0.717, 1.165) is 0 Å². The molecule has 0 aliphatic carbocycles. The van der Waals surface area contributed by atoms with Crippen LogP contribution in [0.1, 0.15) is 20.8 Å². The lowest BCUT2D eigenvalue weighted by Crippen LogP contribution is -2.21. The highest BCUT2D eigenvalue weighted by molar-refractivity contribution is 7.78. The minimum Gasteiger partial charge on any atom is -0.461 e. The van der Waals surface area contributed by atoms with Gasteiger partial charge in [-0.1, -0.05) is 0 Å². The summed E-state index contributed by atoms with van der Waals surface area (Å²) in [4.78, 5) is 14.5. The summed E-state index contributed by atoms with van der Waals surface area (Å²) in [5, 5.41) is 2.13. The molecule has 0 saturated carbocycles. The van der Waals surface area contributed by atoms with Gasteiger partial charge in [0.15, 0.2) is 6.04 Å². The van der Waals surface area contributed by atoms with Crippen LogP contribution >= 0.6 is 12.2 Å². The van der Waals surface area contributed by atoms with Gasteiger partial charge in [-0.25, -0.2) is 9.79 Å². The quantitative estimate of drug-likeness (QED) is 0.368. The molecule has 0 aromatic rings. The Morgan fingerprint density at radius 3 is 2.45 bits per heavy atom. The summed E-state index contributed by atoms with van der Waals surface area (Å²) in [5.41, 5.74) is 0. The Kier molecular flexibility index (Phi) is 4.66. The minimum atomic E-state index is -0.533. The molecule has 0 bridgehead atoms. The third-order valence-corrected chi connectivity index (χ3v) is 1.04. The molecule has 0 N–H and O–H groups in total. The summed E-state index contributed by atoms with van der Waals surface area (Å²) >= 11 is 4.34. The van der Waals surface area contributed by atoms with Crippen molar-refractivity contribution in [2.24, 2.45) is 4.99 Å². The van der Waals surface area contributed by atoms with E-state index in [2.05, 4.69) is 22.4 Å². The monoisotopic (exact) mass is 173 g/mol. The number of carbonyl (C=O) groups is 1. The number of aliphatic imine (C=N–C) groups is 1. The number of rotatable bonds is 3. The molecule has 0 rings (SSSR count). The van der Waals surface area contributed by atoms with Crippen molar-refractivity contribution in [1.82, 2.24) is 0 Å². The van der Waals surface area contributed by atoms with Crippen molar-refractivity contribution in [3.05, 3.63) is 0 Å². The number of ether oxygens (including phenoxy) is 1. The number of hydrogen-bond donors (Lipinski definition) is 0. The van der Waals surface area contributed by atoms with Crippen LogP contribution in [0.15, 0.2) is 4.99 Å². The molecule has 62 valence electrons. The Bertz CT molecular complexity index is 185. The van der Waals surface area contributed by atoms with Gasteiger partial charge in [-0.2, -0.15) is 0 Å². The number of carbonyl (C=O) groups excluding carboxylic acids is 1. The average molecular weight is 173 g/mol. The molecule has 0 unspecified atom stereocenters. The molecule has 0 fully saturated rings. The Balaban J connectivity index is 3.92. The minimum absolute atomic E-state index is 0.106. The van der Waals surface area contributed by atoms with E-state index in [1.165, 1.54) is 0 Å². The largest absolute Gasteiger partial charge is 0.461 e. The van der Waals surface area contributed by atoms with Crippen LogP contribution in [-0.2, 0) is 9.53 Å². The first-order chi connectivity index (χ1) is 5.07. The van der Waals surface area contributed by atoms with Gasteiger partial charge in [0.2, 0.25) is 0 Å². The standard InChI is InChI=1S/C7H11NO2S/c1-5(2)10-7(9)6(3)8-4-11/h5-6H,1-3H3/t6-/m0/s1. The molecule has 4 heteroatoms. The predicted octanol–water partition coefficient (Wildman–Crippen LogP) is 1.43. The Hall–Kier alpha value is -0.730. The van der Waals surface area contributed by atoms with Crippen molar-refractivity contribution in [3.63, 3.8) is 0 Å². The van der Waals surface area contributed by atoms with Crippen LogP contribution in [0.2, 0.25) is 0 Å². The molecule has 0 aromatic carbocycles. The molecule has 1 atom stereocenters. The smallest absolute Gasteiger partial charge is 0.331 e. The normalized spacial score (nSPS) is 12.0. The average Bonchev–Trinajstić information content (AvgIpc) is 1.86. The second kappa shape index (κ2) is 4.99. The molecular formula is C7H11NO2S. The van der Waals surface area contributed by atoms with E-state index in [1.54, 1.807) is 20.8 Å². The first-order valence-electron chi connectivity index (χ1n) is 3.35. The van der Waals surface area contributed by atoms with Gasteiger partial charge >= 0.3 is 5.97 Å². The highest BCUT2D eigenvalue weighted by Crippen LogP contribution is 1.96. The first kappa shape index (κ1) is 10.3. The van der Waals surface area contributed by atoms with E-state index in [-0.39, 0.29) is 12.1 Å². The van der Waals surface area contributed by atoms with E-state index in [4.69, 9.17) is 4.74 Å². The molecule has 0 aromatic heterocycles. The van der Waals surface area contributed by atoms with E-state index >= 15 is 0 Å². The number of thiocarbonyl (C=S) groups is 1. The number of nitrogens with zero attached hydrogens (tertiary/aromatic N) is 1. The molecule has 11 heavy (non-hydrogen) atoms. The van der Waals surface area contributed by atoms with Crippen LogP contribution in [0, 0.1) is 0 Å². The van der Waals surface area contributed by atoms with E-state index in [9.17, 15) is 4.79 Å². The topological polar surface area (TPSA) is 38.7 Å². The zero-order chi connectivity index (χ0) is 8.85. The molecule has 0 aliphatic rings. The number of esters is 1. The predicted molar refractivity (Wildman–Crippen MR) is 45.7 cm³/mol. The second-order valence-electron chi connectivity index (χ2n) is 2.38. The van der Waals surface area contributed by atoms with Crippen LogP contribution in [0.4, 0.5) is 0 Å². The fourth-order valence-electron chi connectivity index (χ4n) is 0.463. The third kappa shape index (κ3) is 4.65. The lowest BCUT2D eigenvalue weighted by Gasteiger charge is -2.08. The van der Waals surface area contributed by atoms with Crippen molar-refractivity contribution >= 4 is 23.3 Å². The van der Waals surface area contributed by atoms with Crippen molar-refractivity contribution < 1.29 is 9.53 Å². The highest BCUT2D eigenvalue weighted by atomic mass is 32.1. The maximum absolute atomic E-state index is 10.9. The molecule has 0 aliphatic heterocycles. The molecule has 0 radical (unpaired) electrons. The fraction of sp³-hybridized carbons (Fsp3) is 0.714. The van der Waals surface area contributed by atoms with E-state index in [1.807, 2.05) is 0 Å². The molecular weight excluding hydrogens is 162 g/mol. The molecule has 0 heterocycles. The van der Waals surface area contributed by atoms with Crippen LogP contribution in [0.3, 0.4) is 0 Å². The number of isothiocyanates is 1. The van der Waals surface area contributed by atoms with Crippen LogP contribution in [0.5, 0.6) is 0 Å². The fourth-order valence-corrected chi connectivity index (χ4v) is 0.621. The van der Waals surface area contributed by atoms with Gasteiger partial charge in [0, 0.05) is 0 Å². The zero-order valence-corrected chi connectivity index (χ0v) is 7.64. The van der Waals surface area contributed by atoms with Gasteiger partial charge in [-0.15, -0.1) is 0 Å². The lowest BCUT2D eigenvalue weighted by atomic mass is 10.3. The van der Waals surface area contributed by atoms with Gasteiger partial charge in [0.05, 0.1) is 11.3 Å². The van der Waals surface area contributed by atoms with Crippen molar-refractivity contribution in [3.8, 4) is 0 Å². The van der Waals surface area contributed by atoms with E-state index in [0.29, 0.717) is 0 Å². The SMILES string of the molecule is CC(C)OC(=O)[C@H](C)N=C=S. The summed E-state index contributed by atoms with van der Waals surface area (Å²) in [6.07, 6.45) is -0.106. The molecule has 0 spiro atoms. The first-order valence-corrected chi connectivity index (χ1v) is 3.76. The van der Waals surface area contributed by atoms with Gasteiger partial charge in [0.25, 0.3) is 0 Å². The number of hydrogen-bond acceptors (Lipinski definition) is 4. The Labute approximate surface area is 71.5 Å². The molecule has 0 amide bonds. The van der Waals surface area contributed by atoms with Gasteiger partial charge < -0.3 is 4.74 Å². The van der Waals surface area contributed by atoms with Crippen molar-refractivity contribution in [1.29, 1.82) is 0 Å². The van der Waals surface area contributed by atoms with Crippen LogP contribution in [0.25, 0.3) is 0 Å². The summed E-state index contributed by atoms with van der Waals surface area (Å²) in [7, 11) is 0. The van der Waals surface area contributed by atoms with Crippen molar-refractivity contribution in [2.75, 3.05) is 0 Å². The van der Waals surface area contributed by atoms with Crippen LogP contribution in [-0.4, -0.2) is 23.3 Å². The van der Waals surface area contributed by atoms with Gasteiger partial charge in [0.1, 0.15) is 0 Å². The highest BCUT2D eigenvalue weighted by Gasteiger charge is 2.13. The Morgan fingerprint density at radius 2 is 2.09 bits per heavy atom. The second-order valence-corrected chi connectivity index (χ2v) is 2.56. The summed E-state index contributed by atoms with van der Waals surface area (Å²) in [6.45, 7) is 5.18. The maximum Gasteiger partial charge on any atom is 0.331 e. The Morgan fingerprint density at radius 1 is 1.55 bits per heavy atom.